The van der Waals surface area contributed by atoms with Gasteiger partial charge in [0.25, 0.3) is 0 Å². The summed E-state index contributed by atoms with van der Waals surface area (Å²) in [4.78, 5) is 1.21. The molecule has 0 aliphatic carbocycles. The van der Waals surface area contributed by atoms with E-state index in [1.54, 1.807) is 0 Å². The van der Waals surface area contributed by atoms with Crippen molar-refractivity contribution in [1.29, 1.82) is 0 Å². The molecule has 0 heterocycles. The molecule has 1 aromatic rings. The van der Waals surface area contributed by atoms with E-state index in [0.29, 0.717) is 0 Å². The van der Waals surface area contributed by atoms with E-state index in [1.807, 2.05) is 41.7 Å². The fraction of sp³-hybridized carbons (Fsp3) is 0.400. The van der Waals surface area contributed by atoms with E-state index in [2.05, 4.69) is 12.3 Å². The van der Waals surface area contributed by atoms with Gasteiger partial charge < -0.3 is 5.73 Å². The van der Waals surface area contributed by atoms with Gasteiger partial charge in [0.05, 0.1) is 0 Å². The second-order valence-corrected chi connectivity index (χ2v) is 4.85. The first-order valence-corrected chi connectivity index (χ1v) is 6.69. The summed E-state index contributed by atoms with van der Waals surface area (Å²) in [7, 11) is 0. The molecular formula is C10H15NS2. The molecule has 0 saturated heterocycles. The molecule has 0 atom stereocenters. The Kier molecular flexibility index (Phi) is 5.16. The summed E-state index contributed by atoms with van der Waals surface area (Å²) < 4.78 is 0. The normalized spacial score (nSPS) is 10.2. The highest BCUT2D eigenvalue weighted by Gasteiger charge is 1.97. The van der Waals surface area contributed by atoms with E-state index >= 15 is 0 Å². The number of anilines is 1. The zero-order valence-corrected chi connectivity index (χ0v) is 9.46. The van der Waals surface area contributed by atoms with Crippen LogP contribution in [0.15, 0.2) is 29.2 Å². The van der Waals surface area contributed by atoms with Crippen LogP contribution in [0.25, 0.3) is 0 Å². The number of rotatable bonds is 5. The molecule has 0 fully saturated rings. The molecule has 0 unspecified atom stereocenters. The SMILES string of the molecule is CSCCCSc1ccccc1N. The molecule has 2 N–H and O–H groups in total. The van der Waals surface area contributed by atoms with Crippen molar-refractivity contribution in [3.8, 4) is 0 Å². The maximum Gasteiger partial charge on any atom is 0.0452 e. The number of nitrogens with two attached hydrogens (primary N) is 1. The highest BCUT2D eigenvalue weighted by molar-refractivity contribution is 8.00. The fourth-order valence-electron chi connectivity index (χ4n) is 0.997. The van der Waals surface area contributed by atoms with Crippen molar-refractivity contribution in [3.63, 3.8) is 0 Å². The molecule has 72 valence electrons. The molecule has 0 aliphatic heterocycles. The fourth-order valence-corrected chi connectivity index (χ4v) is 2.53. The molecule has 0 aliphatic rings. The maximum absolute atomic E-state index is 5.81. The predicted molar refractivity (Wildman–Crippen MR) is 64.6 cm³/mol. The molecule has 0 bridgehead atoms. The van der Waals surface area contributed by atoms with Crippen LogP contribution in [0.5, 0.6) is 0 Å². The largest absolute Gasteiger partial charge is 0.398 e. The third-order valence-corrected chi connectivity index (χ3v) is 3.54. The predicted octanol–water partition coefficient (Wildman–Crippen LogP) is 3.11. The Labute approximate surface area is 88.5 Å². The lowest BCUT2D eigenvalue weighted by Gasteiger charge is -2.03. The smallest absolute Gasteiger partial charge is 0.0452 e. The summed E-state index contributed by atoms with van der Waals surface area (Å²) in [6.45, 7) is 0. The lowest BCUT2D eigenvalue weighted by molar-refractivity contribution is 1.12. The summed E-state index contributed by atoms with van der Waals surface area (Å²) in [5.74, 6) is 2.40. The Morgan fingerprint density at radius 3 is 2.69 bits per heavy atom. The van der Waals surface area contributed by atoms with Crippen LogP contribution in [0.2, 0.25) is 0 Å². The third kappa shape index (κ3) is 3.96. The van der Waals surface area contributed by atoms with Gasteiger partial charge in [-0.25, -0.2) is 0 Å². The van der Waals surface area contributed by atoms with Crippen LogP contribution < -0.4 is 5.73 Å². The maximum atomic E-state index is 5.81. The summed E-state index contributed by atoms with van der Waals surface area (Å²) >= 11 is 3.75. The van der Waals surface area contributed by atoms with Crippen molar-refractivity contribution in [1.82, 2.24) is 0 Å². The number of nitrogen functional groups attached to an aromatic ring is 1. The minimum Gasteiger partial charge on any atom is -0.398 e. The van der Waals surface area contributed by atoms with Gasteiger partial charge >= 0.3 is 0 Å². The Balaban J connectivity index is 2.32. The minimum absolute atomic E-state index is 0.900. The third-order valence-electron chi connectivity index (χ3n) is 1.67. The van der Waals surface area contributed by atoms with Crippen molar-refractivity contribution >= 4 is 29.2 Å². The van der Waals surface area contributed by atoms with Gasteiger partial charge in [-0.1, -0.05) is 12.1 Å². The lowest BCUT2D eigenvalue weighted by atomic mass is 10.3. The van der Waals surface area contributed by atoms with E-state index in [9.17, 15) is 0 Å². The van der Waals surface area contributed by atoms with Crippen molar-refractivity contribution in [2.75, 3.05) is 23.5 Å². The topological polar surface area (TPSA) is 26.0 Å². The van der Waals surface area contributed by atoms with Crippen LogP contribution in [0, 0.1) is 0 Å². The number of hydrogen-bond donors (Lipinski definition) is 1. The second-order valence-electron chi connectivity index (χ2n) is 2.73. The van der Waals surface area contributed by atoms with Gasteiger partial charge in [0, 0.05) is 10.6 Å². The van der Waals surface area contributed by atoms with E-state index in [4.69, 9.17) is 5.73 Å². The summed E-state index contributed by atoms with van der Waals surface area (Å²) in [6.07, 6.45) is 3.39. The number of para-hydroxylation sites is 1. The highest BCUT2D eigenvalue weighted by atomic mass is 32.2. The van der Waals surface area contributed by atoms with Crippen molar-refractivity contribution in [3.05, 3.63) is 24.3 Å². The molecule has 1 aromatic carbocycles. The molecule has 1 nitrogen and oxygen atoms in total. The van der Waals surface area contributed by atoms with E-state index in [1.165, 1.54) is 17.1 Å². The second kappa shape index (κ2) is 6.22. The molecule has 0 radical (unpaired) electrons. The molecule has 13 heavy (non-hydrogen) atoms. The number of hydrogen-bond acceptors (Lipinski definition) is 3. The zero-order valence-electron chi connectivity index (χ0n) is 7.82. The van der Waals surface area contributed by atoms with Crippen molar-refractivity contribution in [2.24, 2.45) is 0 Å². The minimum atomic E-state index is 0.900. The van der Waals surface area contributed by atoms with Gasteiger partial charge in [-0.15, -0.1) is 11.8 Å². The Hall–Kier alpha value is -0.280. The molecule has 1 rings (SSSR count). The van der Waals surface area contributed by atoms with Gasteiger partial charge in [-0.05, 0) is 36.3 Å². The van der Waals surface area contributed by atoms with Crippen LogP contribution in [-0.2, 0) is 0 Å². The Morgan fingerprint density at radius 2 is 2.00 bits per heavy atom. The number of benzene rings is 1. The summed E-state index contributed by atoms with van der Waals surface area (Å²) in [6, 6.07) is 8.05. The van der Waals surface area contributed by atoms with Crippen LogP contribution in [0.1, 0.15) is 6.42 Å². The van der Waals surface area contributed by atoms with Gasteiger partial charge in [0.2, 0.25) is 0 Å². The van der Waals surface area contributed by atoms with Crippen molar-refractivity contribution < 1.29 is 0 Å². The first-order chi connectivity index (χ1) is 6.34. The van der Waals surface area contributed by atoms with Crippen LogP contribution in [-0.4, -0.2) is 17.8 Å². The molecule has 0 aromatic heterocycles. The number of thioether (sulfide) groups is 2. The molecule has 0 amide bonds. The van der Waals surface area contributed by atoms with E-state index in [0.717, 1.165) is 11.4 Å². The zero-order chi connectivity index (χ0) is 9.52. The molecular weight excluding hydrogens is 198 g/mol. The van der Waals surface area contributed by atoms with Gasteiger partial charge in [-0.3, -0.25) is 0 Å². The molecule has 0 saturated carbocycles. The van der Waals surface area contributed by atoms with Crippen LogP contribution in [0.4, 0.5) is 5.69 Å². The van der Waals surface area contributed by atoms with Crippen LogP contribution in [0.3, 0.4) is 0 Å². The molecule has 0 spiro atoms. The van der Waals surface area contributed by atoms with Gasteiger partial charge in [0.15, 0.2) is 0 Å². The van der Waals surface area contributed by atoms with E-state index < -0.39 is 0 Å². The Bertz CT molecular complexity index is 250. The van der Waals surface area contributed by atoms with E-state index in [-0.39, 0.29) is 0 Å². The average Bonchev–Trinajstić information content (AvgIpc) is 2.15. The first kappa shape index (κ1) is 10.8. The van der Waals surface area contributed by atoms with Gasteiger partial charge in [0.1, 0.15) is 0 Å². The summed E-state index contributed by atoms with van der Waals surface area (Å²) in [5, 5.41) is 0. The first-order valence-electron chi connectivity index (χ1n) is 4.31. The quantitative estimate of drug-likeness (QED) is 0.462. The van der Waals surface area contributed by atoms with Crippen LogP contribution >= 0.6 is 23.5 Å². The highest BCUT2D eigenvalue weighted by Crippen LogP contribution is 2.24. The summed E-state index contributed by atoms with van der Waals surface area (Å²) in [5.41, 5.74) is 6.71. The van der Waals surface area contributed by atoms with Crippen molar-refractivity contribution in [2.45, 2.75) is 11.3 Å². The molecule has 3 heteroatoms. The lowest BCUT2D eigenvalue weighted by Crippen LogP contribution is -1.89. The standard InChI is InChI=1S/C10H15NS2/c1-12-7-4-8-13-10-6-3-2-5-9(10)11/h2-3,5-6H,4,7-8,11H2,1H3. The van der Waals surface area contributed by atoms with Gasteiger partial charge in [-0.2, -0.15) is 11.8 Å². The monoisotopic (exact) mass is 213 g/mol. The average molecular weight is 213 g/mol. The Morgan fingerprint density at radius 1 is 1.23 bits per heavy atom.